The number of nitrogens with zero attached hydrogens (tertiary/aromatic N) is 2. The van der Waals surface area contributed by atoms with Gasteiger partial charge in [0.05, 0.1) is 12.5 Å². The average Bonchev–Trinajstić information content (AvgIpc) is 3.10. The SMILES string of the molecule is Nc1cc(=O)[nH]c(CCNC(=O)CC2C(=O)NCCN2C2CCCC2)n1. The molecule has 1 aliphatic carbocycles. The molecule has 1 aromatic heterocycles. The summed E-state index contributed by atoms with van der Waals surface area (Å²) in [7, 11) is 0. The van der Waals surface area contributed by atoms with Crippen LogP contribution in [-0.4, -0.2) is 58.4 Å². The van der Waals surface area contributed by atoms with Gasteiger partial charge in [0.25, 0.3) is 5.56 Å². The van der Waals surface area contributed by atoms with Crippen LogP contribution in [0.25, 0.3) is 0 Å². The van der Waals surface area contributed by atoms with E-state index in [0.717, 1.165) is 19.4 Å². The Bertz CT molecular complexity index is 713. The topological polar surface area (TPSA) is 133 Å². The number of piperazine rings is 1. The summed E-state index contributed by atoms with van der Waals surface area (Å²) in [5.74, 6) is 0.334. The quantitative estimate of drug-likeness (QED) is 0.521. The molecule has 5 N–H and O–H groups in total. The lowest BCUT2D eigenvalue weighted by atomic mass is 10.0. The molecule has 9 heteroatoms. The molecule has 2 amide bonds. The molecule has 0 bridgehead atoms. The van der Waals surface area contributed by atoms with E-state index in [1.165, 1.54) is 18.9 Å². The Morgan fingerprint density at radius 1 is 1.35 bits per heavy atom. The molecule has 0 radical (unpaired) electrons. The molecule has 1 saturated carbocycles. The highest BCUT2D eigenvalue weighted by atomic mass is 16.2. The first-order valence-electron chi connectivity index (χ1n) is 9.19. The first-order chi connectivity index (χ1) is 12.5. The Morgan fingerprint density at radius 3 is 2.85 bits per heavy atom. The number of carbonyl (C=O) groups excluding carboxylic acids is 2. The number of anilines is 1. The van der Waals surface area contributed by atoms with Crippen molar-refractivity contribution < 1.29 is 9.59 Å². The summed E-state index contributed by atoms with van der Waals surface area (Å²) >= 11 is 0. The van der Waals surface area contributed by atoms with E-state index in [9.17, 15) is 14.4 Å². The first-order valence-corrected chi connectivity index (χ1v) is 9.19. The van der Waals surface area contributed by atoms with Crippen LogP contribution in [-0.2, 0) is 16.0 Å². The van der Waals surface area contributed by atoms with Gasteiger partial charge in [-0.1, -0.05) is 12.8 Å². The van der Waals surface area contributed by atoms with E-state index in [1.54, 1.807) is 0 Å². The number of nitrogen functional groups attached to an aromatic ring is 1. The molecule has 1 atom stereocenters. The van der Waals surface area contributed by atoms with Crippen molar-refractivity contribution in [1.82, 2.24) is 25.5 Å². The van der Waals surface area contributed by atoms with Crippen molar-refractivity contribution in [2.45, 2.75) is 50.6 Å². The molecule has 142 valence electrons. The summed E-state index contributed by atoms with van der Waals surface area (Å²) < 4.78 is 0. The maximum atomic E-state index is 12.3. The molecular formula is C17H26N6O3. The summed E-state index contributed by atoms with van der Waals surface area (Å²) in [5, 5.41) is 5.66. The summed E-state index contributed by atoms with van der Waals surface area (Å²) in [6.07, 6.45) is 5.08. The lowest BCUT2D eigenvalue weighted by Gasteiger charge is -2.38. The number of nitrogens with one attached hydrogen (secondary N) is 3. The number of nitrogens with two attached hydrogens (primary N) is 1. The van der Waals surface area contributed by atoms with Crippen LogP contribution >= 0.6 is 0 Å². The van der Waals surface area contributed by atoms with Gasteiger partial charge in [-0.25, -0.2) is 4.98 Å². The molecule has 2 fully saturated rings. The number of amides is 2. The van der Waals surface area contributed by atoms with Gasteiger partial charge in [-0.05, 0) is 12.8 Å². The van der Waals surface area contributed by atoms with Crippen molar-refractivity contribution in [3.63, 3.8) is 0 Å². The minimum Gasteiger partial charge on any atom is -0.383 e. The van der Waals surface area contributed by atoms with Gasteiger partial charge in [-0.3, -0.25) is 19.3 Å². The Hall–Kier alpha value is -2.42. The second-order valence-corrected chi connectivity index (χ2v) is 6.90. The van der Waals surface area contributed by atoms with Crippen LogP contribution in [0.5, 0.6) is 0 Å². The van der Waals surface area contributed by atoms with Crippen molar-refractivity contribution in [3.8, 4) is 0 Å². The summed E-state index contributed by atoms with van der Waals surface area (Å²) in [6, 6.07) is 1.21. The summed E-state index contributed by atoms with van der Waals surface area (Å²) in [5.41, 5.74) is 5.22. The van der Waals surface area contributed by atoms with Gasteiger partial charge >= 0.3 is 0 Å². The lowest BCUT2D eigenvalue weighted by molar-refractivity contribution is -0.135. The highest BCUT2D eigenvalue weighted by Crippen LogP contribution is 2.26. The van der Waals surface area contributed by atoms with E-state index in [-0.39, 0.29) is 29.6 Å². The van der Waals surface area contributed by atoms with Gasteiger partial charge in [0.15, 0.2) is 0 Å². The summed E-state index contributed by atoms with van der Waals surface area (Å²) in [6.45, 7) is 1.76. The zero-order valence-electron chi connectivity index (χ0n) is 14.8. The molecule has 2 aliphatic rings. The third-order valence-electron chi connectivity index (χ3n) is 5.04. The van der Waals surface area contributed by atoms with Crippen LogP contribution in [0.15, 0.2) is 10.9 Å². The molecule has 26 heavy (non-hydrogen) atoms. The van der Waals surface area contributed by atoms with Crippen LogP contribution in [0, 0.1) is 0 Å². The van der Waals surface area contributed by atoms with E-state index >= 15 is 0 Å². The van der Waals surface area contributed by atoms with E-state index < -0.39 is 6.04 Å². The monoisotopic (exact) mass is 362 g/mol. The molecule has 0 aromatic carbocycles. The Kier molecular flexibility index (Phi) is 5.87. The highest BCUT2D eigenvalue weighted by molar-refractivity contribution is 5.88. The number of hydrogen-bond donors (Lipinski definition) is 4. The third kappa shape index (κ3) is 4.60. The zero-order valence-corrected chi connectivity index (χ0v) is 14.8. The fourth-order valence-electron chi connectivity index (χ4n) is 3.83. The van der Waals surface area contributed by atoms with Gasteiger partial charge in [-0.2, -0.15) is 0 Å². The van der Waals surface area contributed by atoms with E-state index in [0.29, 0.717) is 31.4 Å². The fraction of sp³-hybridized carbons (Fsp3) is 0.647. The second kappa shape index (κ2) is 8.31. The number of hydrogen-bond acceptors (Lipinski definition) is 6. The van der Waals surface area contributed by atoms with Crippen molar-refractivity contribution >= 4 is 17.6 Å². The highest BCUT2D eigenvalue weighted by Gasteiger charge is 2.36. The predicted octanol–water partition coefficient (Wildman–Crippen LogP) is -0.856. The number of H-pyrrole nitrogens is 1. The Balaban J connectivity index is 1.52. The molecule has 1 aliphatic heterocycles. The van der Waals surface area contributed by atoms with Crippen LogP contribution in [0.3, 0.4) is 0 Å². The maximum absolute atomic E-state index is 12.3. The number of carbonyl (C=O) groups is 2. The van der Waals surface area contributed by atoms with Gasteiger partial charge in [0, 0.05) is 38.2 Å². The molecule has 3 rings (SSSR count). The first kappa shape index (κ1) is 18.4. The minimum atomic E-state index is -0.405. The van der Waals surface area contributed by atoms with E-state index in [2.05, 4.69) is 25.5 Å². The Morgan fingerprint density at radius 2 is 2.12 bits per heavy atom. The van der Waals surface area contributed by atoms with Crippen molar-refractivity contribution in [2.75, 3.05) is 25.4 Å². The van der Waals surface area contributed by atoms with Gasteiger partial charge in [0.1, 0.15) is 11.6 Å². The standard InChI is InChI=1S/C17H26N6O3/c18-13-10-16(25)22-14(21-13)5-6-19-15(24)9-12-17(26)20-7-8-23(12)11-3-1-2-4-11/h10-12H,1-9H2,(H,19,24)(H,20,26)(H3,18,21,22,25). The molecule has 2 heterocycles. The molecule has 0 spiro atoms. The lowest BCUT2D eigenvalue weighted by Crippen LogP contribution is -2.59. The van der Waals surface area contributed by atoms with Crippen LogP contribution in [0.4, 0.5) is 5.82 Å². The second-order valence-electron chi connectivity index (χ2n) is 6.90. The van der Waals surface area contributed by atoms with Gasteiger partial charge < -0.3 is 21.4 Å². The largest absolute Gasteiger partial charge is 0.383 e. The van der Waals surface area contributed by atoms with Gasteiger partial charge in [-0.15, -0.1) is 0 Å². The Labute approximate surface area is 151 Å². The third-order valence-corrected chi connectivity index (χ3v) is 5.04. The van der Waals surface area contributed by atoms with Crippen molar-refractivity contribution in [2.24, 2.45) is 0 Å². The molecular weight excluding hydrogens is 336 g/mol. The fourth-order valence-corrected chi connectivity index (χ4v) is 3.83. The van der Waals surface area contributed by atoms with Crippen molar-refractivity contribution in [3.05, 3.63) is 22.2 Å². The van der Waals surface area contributed by atoms with E-state index in [1.807, 2.05) is 0 Å². The van der Waals surface area contributed by atoms with Gasteiger partial charge in [0.2, 0.25) is 11.8 Å². The number of aromatic amines is 1. The van der Waals surface area contributed by atoms with Crippen LogP contribution < -0.4 is 21.9 Å². The normalized spacial score (nSPS) is 21.5. The zero-order chi connectivity index (χ0) is 18.5. The minimum absolute atomic E-state index is 0.0693. The van der Waals surface area contributed by atoms with Crippen LogP contribution in [0.2, 0.25) is 0 Å². The molecule has 1 aromatic rings. The number of aromatic nitrogens is 2. The maximum Gasteiger partial charge on any atom is 0.252 e. The van der Waals surface area contributed by atoms with E-state index in [4.69, 9.17) is 5.73 Å². The summed E-state index contributed by atoms with van der Waals surface area (Å²) in [4.78, 5) is 44.7. The van der Waals surface area contributed by atoms with Crippen LogP contribution in [0.1, 0.15) is 37.9 Å². The molecule has 9 nitrogen and oxygen atoms in total. The predicted molar refractivity (Wildman–Crippen MR) is 96.4 cm³/mol. The molecule has 1 saturated heterocycles. The van der Waals surface area contributed by atoms with Crippen molar-refractivity contribution in [1.29, 1.82) is 0 Å². The average molecular weight is 362 g/mol. The molecule has 1 unspecified atom stereocenters. The smallest absolute Gasteiger partial charge is 0.252 e. The number of rotatable bonds is 6.